The predicted octanol–water partition coefficient (Wildman–Crippen LogP) is 2.79. The summed E-state index contributed by atoms with van der Waals surface area (Å²) in [6.45, 7) is 1.38. The van der Waals surface area contributed by atoms with Crippen LogP contribution in [0.1, 0.15) is 30.2 Å². The van der Waals surface area contributed by atoms with Gasteiger partial charge in [0.2, 0.25) is 0 Å². The lowest BCUT2D eigenvalue weighted by Gasteiger charge is -2.30. The number of pyridine rings is 1. The van der Waals surface area contributed by atoms with Gasteiger partial charge in [-0.1, -0.05) is 23.7 Å². The highest BCUT2D eigenvalue weighted by Crippen LogP contribution is 2.44. The molecule has 2 aromatic rings. The first-order chi connectivity index (χ1) is 13.0. The van der Waals surface area contributed by atoms with Crippen LogP contribution in [0.2, 0.25) is 5.02 Å². The second-order valence-electron chi connectivity index (χ2n) is 7.86. The number of likely N-dealkylation sites (tertiary alicyclic amines) is 1. The minimum atomic E-state index is -0.706. The quantitative estimate of drug-likeness (QED) is 0.734. The van der Waals surface area contributed by atoms with Gasteiger partial charge in [0.25, 0.3) is 0 Å². The van der Waals surface area contributed by atoms with Crippen molar-refractivity contribution in [3.05, 3.63) is 58.9 Å². The molecule has 3 N–H and O–H groups in total. The SMILES string of the molecule is Oc1ccc(C(O)CN2CC3CC(O)CC3C2Cc2ccc(Cl)cc2)nc1. The van der Waals surface area contributed by atoms with E-state index in [0.717, 1.165) is 30.8 Å². The van der Waals surface area contributed by atoms with Crippen LogP contribution in [-0.2, 0) is 6.42 Å². The third kappa shape index (κ3) is 4.11. The highest BCUT2D eigenvalue weighted by atomic mass is 35.5. The van der Waals surface area contributed by atoms with E-state index < -0.39 is 6.10 Å². The van der Waals surface area contributed by atoms with E-state index in [4.69, 9.17) is 11.6 Å². The summed E-state index contributed by atoms with van der Waals surface area (Å²) in [4.78, 5) is 6.48. The van der Waals surface area contributed by atoms with Gasteiger partial charge in [0.1, 0.15) is 11.9 Å². The van der Waals surface area contributed by atoms with Gasteiger partial charge in [-0.25, -0.2) is 0 Å². The molecule has 1 aliphatic heterocycles. The van der Waals surface area contributed by atoms with Crippen LogP contribution in [0.5, 0.6) is 5.75 Å². The molecular formula is C21H25ClN2O3. The van der Waals surface area contributed by atoms with E-state index in [2.05, 4.69) is 22.0 Å². The fraction of sp³-hybridized carbons (Fsp3) is 0.476. The molecule has 5 unspecified atom stereocenters. The third-order valence-corrected chi connectivity index (χ3v) is 6.29. The summed E-state index contributed by atoms with van der Waals surface area (Å²) in [6.07, 6.45) is 2.99. The van der Waals surface area contributed by atoms with Crippen LogP contribution >= 0.6 is 11.6 Å². The minimum Gasteiger partial charge on any atom is -0.506 e. The lowest BCUT2D eigenvalue weighted by molar-refractivity contribution is 0.0856. The first kappa shape index (κ1) is 18.7. The first-order valence-corrected chi connectivity index (χ1v) is 9.87. The lowest BCUT2D eigenvalue weighted by atomic mass is 9.90. The summed E-state index contributed by atoms with van der Waals surface area (Å²) >= 11 is 6.01. The molecule has 2 aliphatic rings. The molecule has 1 aromatic heterocycles. The van der Waals surface area contributed by atoms with Crippen molar-refractivity contribution in [2.75, 3.05) is 13.1 Å². The van der Waals surface area contributed by atoms with Crippen molar-refractivity contribution in [3.8, 4) is 5.75 Å². The smallest absolute Gasteiger partial charge is 0.133 e. The van der Waals surface area contributed by atoms with Crippen LogP contribution in [0.3, 0.4) is 0 Å². The van der Waals surface area contributed by atoms with Crippen molar-refractivity contribution in [2.24, 2.45) is 11.8 Å². The molecule has 1 aliphatic carbocycles. The van der Waals surface area contributed by atoms with E-state index in [1.54, 1.807) is 12.1 Å². The maximum atomic E-state index is 10.7. The van der Waals surface area contributed by atoms with Crippen LogP contribution in [0.4, 0.5) is 0 Å². The highest BCUT2D eigenvalue weighted by Gasteiger charge is 2.47. The number of benzene rings is 1. The zero-order chi connectivity index (χ0) is 19.0. The van der Waals surface area contributed by atoms with Crippen LogP contribution < -0.4 is 0 Å². The van der Waals surface area contributed by atoms with Crippen molar-refractivity contribution < 1.29 is 15.3 Å². The molecule has 0 bridgehead atoms. The zero-order valence-electron chi connectivity index (χ0n) is 15.1. The second-order valence-corrected chi connectivity index (χ2v) is 8.29. The Morgan fingerprint density at radius 3 is 2.63 bits per heavy atom. The molecule has 5 nitrogen and oxygen atoms in total. The maximum absolute atomic E-state index is 10.7. The number of aliphatic hydroxyl groups is 2. The van der Waals surface area contributed by atoms with Gasteiger partial charge in [-0.2, -0.15) is 0 Å². The van der Waals surface area contributed by atoms with Gasteiger partial charge in [-0.15, -0.1) is 0 Å². The molecule has 6 heteroatoms. The Bertz CT molecular complexity index is 768. The molecule has 0 radical (unpaired) electrons. The van der Waals surface area contributed by atoms with Gasteiger partial charge in [-0.05, 0) is 60.9 Å². The molecule has 1 saturated heterocycles. The Morgan fingerprint density at radius 2 is 1.93 bits per heavy atom. The second kappa shape index (κ2) is 7.76. The average molecular weight is 389 g/mol. The average Bonchev–Trinajstić information content (AvgIpc) is 3.14. The summed E-state index contributed by atoms with van der Waals surface area (Å²) in [5.74, 6) is 1.00. The van der Waals surface area contributed by atoms with Crippen molar-refractivity contribution in [1.29, 1.82) is 0 Å². The lowest BCUT2D eigenvalue weighted by Crippen LogP contribution is -2.38. The molecule has 2 heterocycles. The van der Waals surface area contributed by atoms with Gasteiger partial charge in [-0.3, -0.25) is 9.88 Å². The largest absolute Gasteiger partial charge is 0.506 e. The van der Waals surface area contributed by atoms with E-state index in [9.17, 15) is 15.3 Å². The summed E-state index contributed by atoms with van der Waals surface area (Å²) in [5, 5.41) is 30.9. The van der Waals surface area contributed by atoms with Gasteiger partial charge < -0.3 is 15.3 Å². The van der Waals surface area contributed by atoms with Gasteiger partial charge in [0, 0.05) is 24.2 Å². The number of aromatic hydroxyl groups is 1. The molecule has 144 valence electrons. The van der Waals surface area contributed by atoms with Gasteiger partial charge in [0.05, 0.1) is 18.0 Å². The zero-order valence-corrected chi connectivity index (χ0v) is 15.8. The Labute approximate surface area is 164 Å². The molecule has 27 heavy (non-hydrogen) atoms. The van der Waals surface area contributed by atoms with Gasteiger partial charge >= 0.3 is 0 Å². The minimum absolute atomic E-state index is 0.0938. The molecule has 4 rings (SSSR count). The topological polar surface area (TPSA) is 76.8 Å². The van der Waals surface area contributed by atoms with Crippen LogP contribution in [-0.4, -0.2) is 50.4 Å². The summed E-state index contributed by atoms with van der Waals surface area (Å²) < 4.78 is 0. The number of rotatable bonds is 5. The summed E-state index contributed by atoms with van der Waals surface area (Å²) in [6, 6.07) is 11.4. The number of hydrogen-bond acceptors (Lipinski definition) is 5. The molecule has 0 amide bonds. The van der Waals surface area contributed by atoms with E-state index in [1.807, 2.05) is 12.1 Å². The highest BCUT2D eigenvalue weighted by molar-refractivity contribution is 6.30. The fourth-order valence-corrected chi connectivity index (χ4v) is 4.90. The number of aliphatic hydroxyl groups excluding tert-OH is 2. The molecule has 5 atom stereocenters. The molecule has 2 fully saturated rings. The summed E-state index contributed by atoms with van der Waals surface area (Å²) in [7, 11) is 0. The monoisotopic (exact) mass is 388 g/mol. The van der Waals surface area contributed by atoms with Crippen LogP contribution in [0, 0.1) is 11.8 Å². The summed E-state index contributed by atoms with van der Waals surface area (Å²) in [5.41, 5.74) is 1.78. The normalized spacial score (nSPS) is 29.0. The van der Waals surface area contributed by atoms with Gasteiger partial charge in [0.15, 0.2) is 0 Å². The molecule has 1 aromatic carbocycles. The third-order valence-electron chi connectivity index (χ3n) is 6.03. The number of β-amino-alcohol motifs (C(OH)–C–C–N with tert-alkyl or cyclic N) is 1. The Hall–Kier alpha value is -1.66. The fourth-order valence-electron chi connectivity index (χ4n) is 4.78. The number of hydrogen-bond donors (Lipinski definition) is 3. The number of nitrogens with zero attached hydrogens (tertiary/aromatic N) is 2. The molecular weight excluding hydrogens is 364 g/mol. The van der Waals surface area contributed by atoms with Crippen molar-refractivity contribution >= 4 is 11.6 Å². The Balaban J connectivity index is 1.50. The molecule has 1 saturated carbocycles. The number of aromatic nitrogens is 1. The number of halogens is 1. The van der Waals surface area contributed by atoms with E-state index >= 15 is 0 Å². The van der Waals surface area contributed by atoms with Crippen molar-refractivity contribution in [1.82, 2.24) is 9.88 Å². The van der Waals surface area contributed by atoms with E-state index in [0.29, 0.717) is 24.1 Å². The van der Waals surface area contributed by atoms with Crippen LogP contribution in [0.15, 0.2) is 42.6 Å². The van der Waals surface area contributed by atoms with Crippen molar-refractivity contribution in [2.45, 2.75) is 37.5 Å². The standard InChI is InChI=1S/C21H25ClN2O3/c22-15-3-1-13(2-4-15)7-20-18-9-17(26)8-14(18)11-24(20)12-21(27)19-6-5-16(25)10-23-19/h1-6,10,14,17-18,20-21,25-27H,7-9,11-12H2. The van der Waals surface area contributed by atoms with E-state index in [-0.39, 0.29) is 17.9 Å². The Kier molecular flexibility index (Phi) is 5.37. The number of fused-ring (bicyclic) bond motifs is 1. The predicted molar refractivity (Wildman–Crippen MR) is 104 cm³/mol. The Morgan fingerprint density at radius 1 is 1.15 bits per heavy atom. The first-order valence-electron chi connectivity index (χ1n) is 9.49. The maximum Gasteiger partial charge on any atom is 0.133 e. The van der Waals surface area contributed by atoms with E-state index in [1.165, 1.54) is 11.8 Å². The van der Waals surface area contributed by atoms with Crippen LogP contribution in [0.25, 0.3) is 0 Å². The molecule has 0 spiro atoms. The van der Waals surface area contributed by atoms with Crippen molar-refractivity contribution in [3.63, 3.8) is 0 Å².